The molecule has 2 fully saturated rings. The highest BCUT2D eigenvalue weighted by atomic mass is 32.2. The van der Waals surface area contributed by atoms with Crippen LogP contribution < -0.4 is 5.73 Å². The number of hydrogen-bond acceptors (Lipinski definition) is 3. The van der Waals surface area contributed by atoms with Crippen molar-refractivity contribution < 1.29 is 9.13 Å². The molecule has 3 atom stereocenters. The quantitative estimate of drug-likeness (QED) is 0.863. The van der Waals surface area contributed by atoms with Crippen LogP contribution in [0.2, 0.25) is 0 Å². The molecule has 0 amide bonds. The highest BCUT2D eigenvalue weighted by Gasteiger charge is 2.43. The van der Waals surface area contributed by atoms with Gasteiger partial charge in [-0.3, -0.25) is 0 Å². The van der Waals surface area contributed by atoms with Crippen molar-refractivity contribution in [1.29, 1.82) is 0 Å². The maximum absolute atomic E-state index is 14.8. The topological polar surface area (TPSA) is 35.2 Å². The molecule has 0 aromatic heterocycles. The lowest BCUT2D eigenvalue weighted by molar-refractivity contribution is -0.118. The number of ether oxygens (including phenoxy) is 1. The molecule has 3 unspecified atom stereocenters. The van der Waals surface area contributed by atoms with E-state index in [4.69, 9.17) is 10.5 Å². The first-order chi connectivity index (χ1) is 9.08. The average Bonchev–Trinajstić information content (AvgIpc) is 2.40. The Bertz CT molecular complexity index is 276. The van der Waals surface area contributed by atoms with Crippen molar-refractivity contribution in [1.82, 2.24) is 0 Å². The van der Waals surface area contributed by atoms with E-state index >= 15 is 0 Å². The largest absolute Gasteiger partial charge is 0.375 e. The van der Waals surface area contributed by atoms with Gasteiger partial charge in [-0.15, -0.1) is 0 Å². The second-order valence-electron chi connectivity index (χ2n) is 6.48. The molecule has 0 saturated carbocycles. The lowest BCUT2D eigenvalue weighted by Gasteiger charge is -2.45. The number of nitrogens with two attached hydrogens (primary N) is 1. The molecule has 0 aromatic carbocycles. The molecule has 0 aliphatic carbocycles. The molecule has 112 valence electrons. The van der Waals surface area contributed by atoms with Gasteiger partial charge in [0, 0.05) is 12.5 Å². The van der Waals surface area contributed by atoms with Gasteiger partial charge in [0.15, 0.2) is 0 Å². The first-order valence-corrected chi connectivity index (χ1v) is 8.79. The molecule has 2 rings (SSSR count). The van der Waals surface area contributed by atoms with Crippen molar-refractivity contribution in [2.75, 3.05) is 24.7 Å². The van der Waals surface area contributed by atoms with Crippen molar-refractivity contribution in [3.8, 4) is 0 Å². The van der Waals surface area contributed by atoms with E-state index in [0.29, 0.717) is 12.5 Å². The minimum atomic E-state index is -0.764. The number of hydrogen-bond donors (Lipinski definition) is 1. The fourth-order valence-corrected chi connectivity index (χ4v) is 4.79. The van der Waals surface area contributed by atoms with E-state index in [1.165, 1.54) is 0 Å². The molecule has 4 heteroatoms. The van der Waals surface area contributed by atoms with Gasteiger partial charge in [0.25, 0.3) is 0 Å². The molecule has 0 aromatic rings. The van der Waals surface area contributed by atoms with Crippen LogP contribution >= 0.6 is 11.8 Å². The predicted molar refractivity (Wildman–Crippen MR) is 80.2 cm³/mol. The summed E-state index contributed by atoms with van der Waals surface area (Å²) in [4.78, 5) is 0. The third-order valence-corrected chi connectivity index (χ3v) is 5.91. The number of thioether (sulfide) groups is 1. The molecule has 0 radical (unpaired) electrons. The van der Waals surface area contributed by atoms with Gasteiger partial charge in [-0.1, -0.05) is 13.8 Å². The summed E-state index contributed by atoms with van der Waals surface area (Å²) in [6.07, 6.45) is 3.18. The van der Waals surface area contributed by atoms with Crippen LogP contribution in [0.1, 0.15) is 39.5 Å². The van der Waals surface area contributed by atoms with Gasteiger partial charge in [0.2, 0.25) is 0 Å². The molecule has 2 aliphatic rings. The highest BCUT2D eigenvalue weighted by Crippen LogP contribution is 2.42. The van der Waals surface area contributed by atoms with E-state index < -0.39 is 6.17 Å². The maximum Gasteiger partial charge on any atom is 0.107 e. The normalized spacial score (nSPS) is 30.5. The molecular weight excluding hydrogens is 261 g/mol. The van der Waals surface area contributed by atoms with E-state index in [1.54, 1.807) is 0 Å². The molecule has 2 N–H and O–H groups in total. The fraction of sp³-hybridized carbons (Fsp3) is 1.00. The number of rotatable bonds is 4. The first-order valence-electron chi connectivity index (χ1n) is 7.64. The summed E-state index contributed by atoms with van der Waals surface area (Å²) >= 11 is 1.99. The Labute approximate surface area is 121 Å². The van der Waals surface area contributed by atoms with E-state index in [9.17, 15) is 4.39 Å². The molecular formula is C15H28FNOS. The second kappa shape index (κ2) is 6.77. The van der Waals surface area contributed by atoms with Crippen molar-refractivity contribution in [3.63, 3.8) is 0 Å². The lowest BCUT2D eigenvalue weighted by atomic mass is 9.75. The van der Waals surface area contributed by atoms with E-state index in [0.717, 1.165) is 43.8 Å². The molecule has 2 nitrogen and oxygen atoms in total. The first kappa shape index (κ1) is 15.6. The SMILES string of the molecule is CC(C)C(CN)C(F)C1CCOC2(CCSCC2)C1. The van der Waals surface area contributed by atoms with Crippen molar-refractivity contribution >= 4 is 11.8 Å². The van der Waals surface area contributed by atoms with Gasteiger partial charge >= 0.3 is 0 Å². The Morgan fingerprint density at radius 1 is 1.37 bits per heavy atom. The zero-order chi connectivity index (χ0) is 13.9. The highest BCUT2D eigenvalue weighted by molar-refractivity contribution is 7.99. The van der Waals surface area contributed by atoms with Crippen LogP contribution in [0.3, 0.4) is 0 Å². The van der Waals surface area contributed by atoms with Crippen LogP contribution in [0.15, 0.2) is 0 Å². The molecule has 2 saturated heterocycles. The summed E-state index contributed by atoms with van der Waals surface area (Å²) in [7, 11) is 0. The number of alkyl halides is 1. The van der Waals surface area contributed by atoms with E-state index in [2.05, 4.69) is 13.8 Å². The summed E-state index contributed by atoms with van der Waals surface area (Å²) in [6.45, 7) is 5.34. The summed E-state index contributed by atoms with van der Waals surface area (Å²) in [5.74, 6) is 2.79. The van der Waals surface area contributed by atoms with Gasteiger partial charge < -0.3 is 10.5 Å². The van der Waals surface area contributed by atoms with Gasteiger partial charge in [-0.25, -0.2) is 4.39 Å². The summed E-state index contributed by atoms with van der Waals surface area (Å²) in [6, 6.07) is 0. The van der Waals surface area contributed by atoms with E-state index in [1.807, 2.05) is 11.8 Å². The second-order valence-corrected chi connectivity index (χ2v) is 7.71. The Kier molecular flexibility index (Phi) is 5.55. The lowest BCUT2D eigenvalue weighted by Crippen LogP contribution is -2.47. The molecule has 1 spiro atoms. The van der Waals surface area contributed by atoms with Gasteiger partial charge in [0.05, 0.1) is 5.60 Å². The molecule has 2 aliphatic heterocycles. The van der Waals surface area contributed by atoms with Crippen molar-refractivity contribution in [3.05, 3.63) is 0 Å². The predicted octanol–water partition coefficient (Wildman–Crippen LogP) is 3.25. The summed E-state index contributed by atoms with van der Waals surface area (Å²) in [5.41, 5.74) is 5.76. The van der Waals surface area contributed by atoms with Crippen LogP contribution in [0, 0.1) is 17.8 Å². The third-order valence-electron chi connectivity index (χ3n) is 4.92. The maximum atomic E-state index is 14.8. The van der Waals surface area contributed by atoms with Crippen LogP contribution in [0.4, 0.5) is 4.39 Å². The summed E-state index contributed by atoms with van der Waals surface area (Å²) in [5, 5.41) is 0. The average molecular weight is 289 g/mol. The number of halogens is 1. The van der Waals surface area contributed by atoms with Crippen LogP contribution in [-0.4, -0.2) is 36.4 Å². The van der Waals surface area contributed by atoms with Crippen molar-refractivity contribution in [2.45, 2.75) is 51.3 Å². The standard InChI is InChI=1S/C15H28FNOS/c1-11(2)13(10-17)14(16)12-3-6-18-15(9-12)4-7-19-8-5-15/h11-14H,3-10,17H2,1-2H3. The van der Waals surface area contributed by atoms with E-state index in [-0.39, 0.29) is 17.4 Å². The minimum absolute atomic E-state index is 0.00174. The van der Waals surface area contributed by atoms with Gasteiger partial charge in [-0.05, 0) is 55.6 Å². The third kappa shape index (κ3) is 3.64. The van der Waals surface area contributed by atoms with Crippen LogP contribution in [0.5, 0.6) is 0 Å². The Hall–Kier alpha value is 0.200. The molecule has 19 heavy (non-hydrogen) atoms. The summed E-state index contributed by atoms with van der Waals surface area (Å²) < 4.78 is 20.9. The van der Waals surface area contributed by atoms with Crippen LogP contribution in [0.25, 0.3) is 0 Å². The zero-order valence-corrected chi connectivity index (χ0v) is 13.1. The van der Waals surface area contributed by atoms with Crippen LogP contribution in [-0.2, 0) is 4.74 Å². The molecule has 2 heterocycles. The minimum Gasteiger partial charge on any atom is -0.375 e. The van der Waals surface area contributed by atoms with Gasteiger partial charge in [0.1, 0.15) is 6.17 Å². The Morgan fingerprint density at radius 2 is 2.05 bits per heavy atom. The smallest absolute Gasteiger partial charge is 0.107 e. The Morgan fingerprint density at radius 3 is 2.63 bits per heavy atom. The van der Waals surface area contributed by atoms with Crippen molar-refractivity contribution in [2.24, 2.45) is 23.5 Å². The monoisotopic (exact) mass is 289 g/mol. The van der Waals surface area contributed by atoms with Gasteiger partial charge in [-0.2, -0.15) is 11.8 Å². The zero-order valence-electron chi connectivity index (χ0n) is 12.2. The Balaban J connectivity index is 1.99. The fourth-order valence-electron chi connectivity index (χ4n) is 3.55. The molecule has 0 bridgehead atoms.